The zero-order valence-electron chi connectivity index (χ0n) is 16.7. The van der Waals surface area contributed by atoms with E-state index in [1.165, 1.54) is 13.3 Å². The lowest BCUT2D eigenvalue weighted by Crippen LogP contribution is -2.41. The monoisotopic (exact) mass is 502 g/mol. The smallest absolute Gasteiger partial charge is 0.221 e. The maximum absolute atomic E-state index is 11.2. The van der Waals surface area contributed by atoms with Gasteiger partial charge in [-0.05, 0) is 31.9 Å². The minimum atomic E-state index is -0.0944. The summed E-state index contributed by atoms with van der Waals surface area (Å²) >= 11 is 0. The van der Waals surface area contributed by atoms with Crippen LogP contribution in [0.25, 0.3) is 0 Å². The van der Waals surface area contributed by atoms with Gasteiger partial charge in [0.05, 0.1) is 13.2 Å². The zero-order chi connectivity index (χ0) is 19.1. The molecule has 1 aromatic carbocycles. The number of carbonyl (C=O) groups excluding carboxylic acids is 1. The van der Waals surface area contributed by atoms with Gasteiger partial charge in [-0.15, -0.1) is 24.0 Å². The first-order valence-corrected chi connectivity index (χ1v) is 9.72. The van der Waals surface area contributed by atoms with Crippen molar-refractivity contribution in [3.8, 4) is 5.75 Å². The summed E-state index contributed by atoms with van der Waals surface area (Å²) in [6, 6.07) is 7.40. The van der Waals surface area contributed by atoms with Crippen molar-refractivity contribution in [2.75, 3.05) is 51.3 Å². The molecule has 8 heteroatoms. The topological polar surface area (TPSA) is 75.2 Å². The summed E-state index contributed by atoms with van der Waals surface area (Å²) in [6.45, 7) is 9.28. The quantitative estimate of drug-likeness (QED) is 0.271. The maximum atomic E-state index is 11.2. The molecule has 7 nitrogen and oxygen atoms in total. The van der Waals surface area contributed by atoms with E-state index in [4.69, 9.17) is 14.5 Å². The highest BCUT2D eigenvalue weighted by molar-refractivity contribution is 14.0. The van der Waals surface area contributed by atoms with Crippen molar-refractivity contribution in [3.05, 3.63) is 24.3 Å². The molecule has 1 spiro atoms. The average Bonchev–Trinajstić information content (AvgIpc) is 3.28. The lowest BCUT2D eigenvalue weighted by molar-refractivity contribution is -0.114. The fraction of sp³-hybridized carbons (Fsp3) is 0.600. The zero-order valence-corrected chi connectivity index (χ0v) is 19.0. The van der Waals surface area contributed by atoms with Gasteiger partial charge in [0.1, 0.15) is 12.4 Å². The number of ether oxygens (including phenoxy) is 2. The molecule has 0 bridgehead atoms. The van der Waals surface area contributed by atoms with Gasteiger partial charge in [0.25, 0.3) is 0 Å². The van der Waals surface area contributed by atoms with E-state index in [0.717, 1.165) is 56.7 Å². The Morgan fingerprint density at radius 3 is 2.96 bits per heavy atom. The molecule has 1 aromatic rings. The molecule has 2 N–H and O–H groups in total. The van der Waals surface area contributed by atoms with E-state index in [-0.39, 0.29) is 29.9 Å². The first-order valence-electron chi connectivity index (χ1n) is 9.72. The molecule has 3 rings (SSSR count). The minimum Gasteiger partial charge on any atom is -0.492 e. The van der Waals surface area contributed by atoms with Crippen molar-refractivity contribution in [2.45, 2.75) is 26.7 Å². The van der Waals surface area contributed by atoms with E-state index >= 15 is 0 Å². The van der Waals surface area contributed by atoms with Gasteiger partial charge >= 0.3 is 0 Å². The number of aliphatic imine (C=N–C) groups is 1. The maximum Gasteiger partial charge on any atom is 0.221 e. The third-order valence-electron chi connectivity index (χ3n) is 5.03. The van der Waals surface area contributed by atoms with Crippen LogP contribution >= 0.6 is 24.0 Å². The standard InChI is InChI=1S/C20H30N4O3.HI/c1-3-21-19(24-10-7-20(14-24)8-11-26-15-20)22-9-12-27-18-6-4-5-17(13-18)23-16(2)25;/h4-6,13H,3,7-12,14-15H2,1-2H3,(H,21,22)(H,23,25);1H. The Hall–Kier alpha value is -1.55. The Bertz CT molecular complexity index is 677. The summed E-state index contributed by atoms with van der Waals surface area (Å²) in [4.78, 5) is 18.2. The van der Waals surface area contributed by atoms with E-state index in [9.17, 15) is 4.79 Å². The van der Waals surface area contributed by atoms with E-state index in [1.807, 2.05) is 24.3 Å². The number of hydrogen-bond acceptors (Lipinski definition) is 4. The van der Waals surface area contributed by atoms with Gasteiger partial charge in [-0.2, -0.15) is 0 Å². The molecule has 2 heterocycles. The predicted octanol–water partition coefficient (Wildman–Crippen LogP) is 2.72. The predicted molar refractivity (Wildman–Crippen MR) is 122 cm³/mol. The molecule has 1 amide bonds. The van der Waals surface area contributed by atoms with Crippen molar-refractivity contribution >= 4 is 41.5 Å². The molecule has 2 fully saturated rings. The number of carbonyl (C=O) groups is 1. The van der Waals surface area contributed by atoms with Crippen LogP contribution in [-0.2, 0) is 9.53 Å². The Labute approximate surface area is 184 Å². The molecule has 2 aliphatic rings. The Morgan fingerprint density at radius 2 is 2.25 bits per heavy atom. The number of amides is 1. The summed E-state index contributed by atoms with van der Waals surface area (Å²) in [5.74, 6) is 1.59. The molecular formula is C20H31IN4O3. The molecule has 156 valence electrons. The second-order valence-corrected chi connectivity index (χ2v) is 7.27. The number of rotatable bonds is 6. The van der Waals surface area contributed by atoms with Gasteiger partial charge in [0.2, 0.25) is 5.91 Å². The number of hydrogen-bond donors (Lipinski definition) is 2. The number of guanidine groups is 1. The van der Waals surface area contributed by atoms with Crippen LogP contribution in [0.3, 0.4) is 0 Å². The molecule has 1 atom stereocenters. The third kappa shape index (κ3) is 6.23. The lowest BCUT2D eigenvalue weighted by Gasteiger charge is -2.25. The highest BCUT2D eigenvalue weighted by Crippen LogP contribution is 2.38. The molecule has 2 aliphatic heterocycles. The Kier molecular flexibility index (Phi) is 8.81. The molecule has 2 saturated heterocycles. The van der Waals surface area contributed by atoms with E-state index in [2.05, 4.69) is 22.5 Å². The molecule has 1 unspecified atom stereocenters. The SMILES string of the molecule is CCNC(=NCCOc1cccc(NC(C)=O)c1)N1CCC2(CCOC2)C1.I. The second kappa shape index (κ2) is 10.8. The molecule has 0 aromatic heterocycles. The van der Waals surface area contributed by atoms with Gasteiger partial charge in [0.15, 0.2) is 5.96 Å². The van der Waals surface area contributed by atoms with Crippen molar-refractivity contribution in [1.82, 2.24) is 10.2 Å². The number of nitrogens with zero attached hydrogens (tertiary/aromatic N) is 2. The van der Waals surface area contributed by atoms with Crippen LogP contribution in [0.2, 0.25) is 0 Å². The highest BCUT2D eigenvalue weighted by atomic mass is 127. The van der Waals surface area contributed by atoms with Crippen molar-refractivity contribution < 1.29 is 14.3 Å². The van der Waals surface area contributed by atoms with Crippen LogP contribution in [0, 0.1) is 5.41 Å². The van der Waals surface area contributed by atoms with Gasteiger partial charge < -0.3 is 25.0 Å². The van der Waals surface area contributed by atoms with E-state index in [1.54, 1.807) is 0 Å². The van der Waals surface area contributed by atoms with Crippen molar-refractivity contribution in [3.63, 3.8) is 0 Å². The molecule has 0 saturated carbocycles. The van der Waals surface area contributed by atoms with Crippen LogP contribution in [0.1, 0.15) is 26.7 Å². The summed E-state index contributed by atoms with van der Waals surface area (Å²) in [7, 11) is 0. The van der Waals surface area contributed by atoms with Crippen LogP contribution in [-0.4, -0.2) is 62.8 Å². The van der Waals surface area contributed by atoms with Crippen LogP contribution in [0.5, 0.6) is 5.75 Å². The van der Waals surface area contributed by atoms with Gasteiger partial charge in [0, 0.05) is 50.3 Å². The van der Waals surface area contributed by atoms with Crippen LogP contribution < -0.4 is 15.4 Å². The number of nitrogens with one attached hydrogen (secondary N) is 2. The normalized spacial score (nSPS) is 21.5. The highest BCUT2D eigenvalue weighted by Gasteiger charge is 2.42. The third-order valence-corrected chi connectivity index (χ3v) is 5.03. The number of benzene rings is 1. The van der Waals surface area contributed by atoms with Gasteiger partial charge in [-0.25, -0.2) is 4.99 Å². The fourth-order valence-electron chi connectivity index (χ4n) is 3.70. The first kappa shape index (κ1) is 22.7. The first-order chi connectivity index (χ1) is 13.1. The molecule has 28 heavy (non-hydrogen) atoms. The van der Waals surface area contributed by atoms with E-state index in [0.29, 0.717) is 18.6 Å². The van der Waals surface area contributed by atoms with Crippen LogP contribution in [0.15, 0.2) is 29.3 Å². The number of likely N-dealkylation sites (tertiary alicyclic amines) is 1. The molecule has 0 aliphatic carbocycles. The average molecular weight is 502 g/mol. The fourth-order valence-corrected chi connectivity index (χ4v) is 3.70. The number of halogens is 1. The van der Waals surface area contributed by atoms with Crippen molar-refractivity contribution in [1.29, 1.82) is 0 Å². The molecular weight excluding hydrogens is 471 g/mol. The lowest BCUT2D eigenvalue weighted by atomic mass is 9.87. The van der Waals surface area contributed by atoms with E-state index < -0.39 is 0 Å². The largest absolute Gasteiger partial charge is 0.492 e. The summed E-state index contributed by atoms with van der Waals surface area (Å²) in [5, 5.41) is 6.15. The summed E-state index contributed by atoms with van der Waals surface area (Å²) < 4.78 is 11.4. The summed E-state index contributed by atoms with van der Waals surface area (Å²) in [6.07, 6.45) is 2.32. The second-order valence-electron chi connectivity index (χ2n) is 7.27. The van der Waals surface area contributed by atoms with Gasteiger partial charge in [-0.3, -0.25) is 4.79 Å². The van der Waals surface area contributed by atoms with Crippen LogP contribution in [0.4, 0.5) is 5.69 Å². The minimum absolute atomic E-state index is 0. The summed E-state index contributed by atoms with van der Waals surface area (Å²) in [5.41, 5.74) is 1.05. The molecule has 0 radical (unpaired) electrons. The Balaban J connectivity index is 0.00000280. The van der Waals surface area contributed by atoms with Gasteiger partial charge in [-0.1, -0.05) is 6.07 Å². The van der Waals surface area contributed by atoms with Crippen molar-refractivity contribution in [2.24, 2.45) is 10.4 Å². The number of anilines is 1. The Morgan fingerprint density at radius 1 is 1.39 bits per heavy atom.